The molecule has 1 heterocycles. The second-order valence-electron chi connectivity index (χ2n) is 5.81. The Bertz CT molecular complexity index is 309. The van der Waals surface area contributed by atoms with Crippen LogP contribution in [0.15, 0.2) is 16.7 Å². The van der Waals surface area contributed by atoms with Crippen LogP contribution in [-0.4, -0.2) is 6.54 Å². The van der Waals surface area contributed by atoms with Crippen molar-refractivity contribution in [2.45, 2.75) is 53.5 Å². The molecule has 0 amide bonds. The van der Waals surface area contributed by atoms with Gasteiger partial charge in [0.2, 0.25) is 0 Å². The van der Waals surface area contributed by atoms with E-state index < -0.39 is 0 Å². The van der Waals surface area contributed by atoms with Crippen LogP contribution in [-0.2, 0) is 0 Å². The molecule has 0 radical (unpaired) electrons. The Balaban J connectivity index is 2.26. The van der Waals surface area contributed by atoms with E-state index in [-0.39, 0.29) is 0 Å². The summed E-state index contributed by atoms with van der Waals surface area (Å²) in [6.45, 7) is 12.2. The molecule has 0 aromatic carbocycles. The Morgan fingerprint density at radius 1 is 1.38 bits per heavy atom. The van der Waals surface area contributed by atoms with Crippen LogP contribution in [0.3, 0.4) is 0 Å². The van der Waals surface area contributed by atoms with E-state index in [0.29, 0.717) is 11.5 Å². The fourth-order valence-corrected chi connectivity index (χ4v) is 1.86. The number of hydrogen-bond donors (Lipinski definition) is 1. The van der Waals surface area contributed by atoms with Gasteiger partial charge in [0.25, 0.3) is 0 Å². The molecule has 2 heteroatoms. The van der Waals surface area contributed by atoms with E-state index in [1.165, 1.54) is 18.4 Å². The second-order valence-corrected chi connectivity index (χ2v) is 5.81. The molecule has 16 heavy (non-hydrogen) atoms. The zero-order valence-electron chi connectivity index (χ0n) is 11.3. The molecule has 0 spiro atoms. The highest BCUT2D eigenvalue weighted by molar-refractivity contribution is 5.17. The Kier molecular flexibility index (Phi) is 4.60. The van der Waals surface area contributed by atoms with Crippen molar-refractivity contribution in [1.29, 1.82) is 0 Å². The average molecular weight is 223 g/mol. The van der Waals surface area contributed by atoms with Gasteiger partial charge < -0.3 is 9.73 Å². The lowest BCUT2D eigenvalue weighted by atomic mass is 9.90. The summed E-state index contributed by atoms with van der Waals surface area (Å²) < 4.78 is 5.46. The first-order valence-corrected chi connectivity index (χ1v) is 6.17. The lowest BCUT2D eigenvalue weighted by Crippen LogP contribution is -2.21. The highest BCUT2D eigenvalue weighted by atomic mass is 16.3. The Morgan fingerprint density at radius 3 is 2.56 bits per heavy atom. The van der Waals surface area contributed by atoms with Gasteiger partial charge in [0.15, 0.2) is 0 Å². The maximum atomic E-state index is 5.46. The summed E-state index contributed by atoms with van der Waals surface area (Å²) in [5, 5.41) is 3.50. The highest BCUT2D eigenvalue weighted by Crippen LogP contribution is 2.21. The molecular formula is C14H25NO. The van der Waals surface area contributed by atoms with Crippen LogP contribution in [0.2, 0.25) is 0 Å². The summed E-state index contributed by atoms with van der Waals surface area (Å²) in [5.74, 6) is 1.07. The summed E-state index contributed by atoms with van der Waals surface area (Å²) >= 11 is 0. The fourth-order valence-electron chi connectivity index (χ4n) is 1.86. The van der Waals surface area contributed by atoms with E-state index in [9.17, 15) is 0 Å². The van der Waals surface area contributed by atoms with Gasteiger partial charge in [0, 0.05) is 0 Å². The zero-order chi connectivity index (χ0) is 12.2. The van der Waals surface area contributed by atoms with E-state index >= 15 is 0 Å². The van der Waals surface area contributed by atoms with E-state index in [1.807, 2.05) is 6.07 Å². The standard InChI is InChI=1S/C14H25NO/c1-11-7-10-16-13(11)12(2)15-9-6-8-14(3,4)5/h7,10,12,15H,6,8-9H2,1-5H3. The predicted octanol–water partition coefficient (Wildman–Crippen LogP) is 4.06. The van der Waals surface area contributed by atoms with E-state index in [0.717, 1.165) is 12.3 Å². The third-order valence-corrected chi connectivity index (χ3v) is 2.85. The minimum absolute atomic E-state index is 0.315. The molecule has 0 saturated heterocycles. The summed E-state index contributed by atoms with van der Waals surface area (Å²) in [7, 11) is 0. The third kappa shape index (κ3) is 4.40. The highest BCUT2D eigenvalue weighted by Gasteiger charge is 2.12. The van der Waals surface area contributed by atoms with Crippen LogP contribution in [0.25, 0.3) is 0 Å². The van der Waals surface area contributed by atoms with Crippen LogP contribution in [0.4, 0.5) is 0 Å². The first-order chi connectivity index (χ1) is 7.40. The minimum atomic E-state index is 0.315. The van der Waals surface area contributed by atoms with Crippen LogP contribution >= 0.6 is 0 Å². The quantitative estimate of drug-likeness (QED) is 0.761. The fraction of sp³-hybridized carbons (Fsp3) is 0.714. The van der Waals surface area contributed by atoms with E-state index in [4.69, 9.17) is 4.42 Å². The Hall–Kier alpha value is -0.760. The molecule has 0 aliphatic rings. The first kappa shape index (κ1) is 13.3. The summed E-state index contributed by atoms with van der Waals surface area (Å²) in [6, 6.07) is 2.33. The normalized spacial score (nSPS) is 14.1. The molecule has 1 rings (SSSR count). The molecule has 0 aliphatic heterocycles. The van der Waals surface area contributed by atoms with Gasteiger partial charge in [-0.1, -0.05) is 20.8 Å². The first-order valence-electron chi connectivity index (χ1n) is 6.17. The molecule has 1 atom stereocenters. The molecule has 1 unspecified atom stereocenters. The van der Waals surface area contributed by atoms with Crippen molar-refractivity contribution in [3.8, 4) is 0 Å². The maximum absolute atomic E-state index is 5.46. The van der Waals surface area contributed by atoms with Crippen molar-refractivity contribution in [1.82, 2.24) is 5.32 Å². The number of nitrogens with one attached hydrogen (secondary N) is 1. The van der Waals surface area contributed by atoms with Crippen molar-refractivity contribution in [2.75, 3.05) is 6.54 Å². The summed E-state index contributed by atoms with van der Waals surface area (Å²) in [6.07, 6.45) is 4.23. The lowest BCUT2D eigenvalue weighted by Gasteiger charge is -2.19. The van der Waals surface area contributed by atoms with Gasteiger partial charge in [-0.05, 0) is 50.3 Å². The van der Waals surface area contributed by atoms with Crippen molar-refractivity contribution in [3.63, 3.8) is 0 Å². The number of aryl methyl sites for hydroxylation is 1. The maximum Gasteiger partial charge on any atom is 0.123 e. The van der Waals surface area contributed by atoms with E-state index in [1.54, 1.807) is 6.26 Å². The van der Waals surface area contributed by atoms with Gasteiger partial charge in [-0.25, -0.2) is 0 Å². The molecule has 0 aliphatic carbocycles. The summed E-state index contributed by atoms with van der Waals surface area (Å²) in [4.78, 5) is 0. The van der Waals surface area contributed by atoms with Crippen LogP contribution in [0, 0.1) is 12.3 Å². The average Bonchev–Trinajstić information content (AvgIpc) is 2.57. The molecule has 1 N–H and O–H groups in total. The molecule has 0 fully saturated rings. The van der Waals surface area contributed by atoms with E-state index in [2.05, 4.69) is 39.9 Å². The van der Waals surface area contributed by atoms with Crippen molar-refractivity contribution in [2.24, 2.45) is 5.41 Å². The molecule has 1 aromatic rings. The topological polar surface area (TPSA) is 25.2 Å². The second kappa shape index (κ2) is 5.53. The monoisotopic (exact) mass is 223 g/mol. The number of rotatable bonds is 5. The van der Waals surface area contributed by atoms with Crippen molar-refractivity contribution >= 4 is 0 Å². The Labute approximate surface area is 99.4 Å². The van der Waals surface area contributed by atoms with Gasteiger partial charge in [-0.2, -0.15) is 0 Å². The van der Waals surface area contributed by atoms with Crippen molar-refractivity contribution in [3.05, 3.63) is 23.7 Å². The largest absolute Gasteiger partial charge is 0.467 e. The van der Waals surface area contributed by atoms with Crippen molar-refractivity contribution < 1.29 is 4.42 Å². The molecule has 92 valence electrons. The SMILES string of the molecule is Cc1ccoc1C(C)NCCCC(C)(C)C. The van der Waals surface area contributed by atoms with Crippen LogP contribution in [0.1, 0.15) is 57.9 Å². The van der Waals surface area contributed by atoms with Gasteiger partial charge in [-0.15, -0.1) is 0 Å². The molecule has 2 nitrogen and oxygen atoms in total. The van der Waals surface area contributed by atoms with Crippen LogP contribution in [0.5, 0.6) is 0 Å². The number of hydrogen-bond acceptors (Lipinski definition) is 2. The van der Waals surface area contributed by atoms with Gasteiger partial charge >= 0.3 is 0 Å². The van der Waals surface area contributed by atoms with Gasteiger partial charge in [-0.3, -0.25) is 0 Å². The Morgan fingerprint density at radius 2 is 2.06 bits per heavy atom. The minimum Gasteiger partial charge on any atom is -0.467 e. The molecular weight excluding hydrogens is 198 g/mol. The molecule has 0 saturated carbocycles. The van der Waals surface area contributed by atoms with Gasteiger partial charge in [0.05, 0.1) is 12.3 Å². The molecule has 1 aromatic heterocycles. The summed E-state index contributed by atoms with van der Waals surface area (Å²) in [5.41, 5.74) is 1.67. The van der Waals surface area contributed by atoms with Crippen LogP contribution < -0.4 is 5.32 Å². The molecule has 0 bridgehead atoms. The van der Waals surface area contributed by atoms with Gasteiger partial charge in [0.1, 0.15) is 5.76 Å². The number of furan rings is 1. The lowest BCUT2D eigenvalue weighted by molar-refractivity contribution is 0.350. The predicted molar refractivity (Wildman–Crippen MR) is 68.6 cm³/mol. The third-order valence-electron chi connectivity index (χ3n) is 2.85. The zero-order valence-corrected chi connectivity index (χ0v) is 11.3. The smallest absolute Gasteiger partial charge is 0.123 e.